The van der Waals surface area contributed by atoms with Gasteiger partial charge in [0.2, 0.25) is 0 Å². The van der Waals surface area contributed by atoms with Crippen LogP contribution in [0.5, 0.6) is 0 Å². The Kier molecular flexibility index (Phi) is 6.31. The van der Waals surface area contributed by atoms with E-state index in [0.717, 1.165) is 44.3 Å². The van der Waals surface area contributed by atoms with E-state index >= 15 is 0 Å². The number of carbonyl (C=O) groups excluding carboxylic acids is 3. The Balaban J connectivity index is 1.26. The van der Waals surface area contributed by atoms with Gasteiger partial charge in [0.1, 0.15) is 5.82 Å². The second-order valence-corrected chi connectivity index (χ2v) is 8.95. The molecule has 180 valence electrons. The maximum atomic E-state index is 12.9. The van der Waals surface area contributed by atoms with Crippen molar-refractivity contribution in [3.05, 3.63) is 69.8 Å². The lowest BCUT2D eigenvalue weighted by Gasteiger charge is -2.12. The van der Waals surface area contributed by atoms with Crippen molar-refractivity contribution in [2.24, 2.45) is 0 Å². The minimum atomic E-state index is -0.696. The van der Waals surface area contributed by atoms with E-state index in [-0.39, 0.29) is 23.1 Å². The molecule has 1 aliphatic carbocycles. The number of benzene rings is 2. The number of hydrogen-bond donors (Lipinski definition) is 2. The van der Waals surface area contributed by atoms with Crippen molar-refractivity contribution in [3.8, 4) is 0 Å². The second-order valence-electron chi connectivity index (χ2n) is 8.95. The van der Waals surface area contributed by atoms with Crippen LogP contribution in [0.1, 0.15) is 58.6 Å². The number of nitrogens with zero attached hydrogens (tertiary/aromatic N) is 2. The highest BCUT2D eigenvalue weighted by Crippen LogP contribution is 2.22. The molecular weight excluding hydrogens is 448 g/mol. The third kappa shape index (κ3) is 5.08. The molecule has 0 saturated heterocycles. The molecule has 1 aliphatic heterocycles. The molecule has 5 rings (SSSR count). The highest BCUT2D eigenvalue weighted by Gasteiger charge is 2.25. The third-order valence-corrected chi connectivity index (χ3v) is 6.24. The van der Waals surface area contributed by atoms with Crippen LogP contribution in [0.3, 0.4) is 0 Å². The summed E-state index contributed by atoms with van der Waals surface area (Å²) in [5, 5.41) is 5.98. The Labute approximate surface area is 201 Å². The van der Waals surface area contributed by atoms with Gasteiger partial charge in [-0.2, -0.15) is 0 Å². The molecule has 0 spiro atoms. The number of esters is 1. The van der Waals surface area contributed by atoms with Gasteiger partial charge in [-0.1, -0.05) is 18.6 Å². The van der Waals surface area contributed by atoms with Crippen LogP contribution in [-0.4, -0.2) is 40.0 Å². The second kappa shape index (κ2) is 9.69. The molecule has 2 aliphatic rings. The molecule has 2 aromatic carbocycles. The number of hydrogen-bond acceptors (Lipinski definition) is 6. The SMILES string of the molecule is O=C(COC(=O)c1ccc2c(=O)n3c(nc2c1)CCCCC3)Nc1ccccc1C(=O)NC1CC1. The number of aryl methyl sites for hydroxylation is 1. The summed E-state index contributed by atoms with van der Waals surface area (Å²) < 4.78 is 6.91. The Morgan fingerprint density at radius 3 is 2.71 bits per heavy atom. The monoisotopic (exact) mass is 474 g/mol. The molecule has 9 heteroatoms. The first-order chi connectivity index (χ1) is 17.0. The minimum Gasteiger partial charge on any atom is -0.452 e. The normalized spacial score (nSPS) is 15.1. The van der Waals surface area contributed by atoms with Crippen LogP contribution in [0.25, 0.3) is 10.9 Å². The largest absolute Gasteiger partial charge is 0.452 e. The molecule has 0 radical (unpaired) electrons. The van der Waals surface area contributed by atoms with Gasteiger partial charge in [-0.05, 0) is 56.0 Å². The number of amides is 2. The van der Waals surface area contributed by atoms with Gasteiger partial charge in [0.15, 0.2) is 6.61 Å². The molecule has 35 heavy (non-hydrogen) atoms. The third-order valence-electron chi connectivity index (χ3n) is 6.24. The number of para-hydroxylation sites is 1. The van der Waals surface area contributed by atoms with Gasteiger partial charge in [-0.3, -0.25) is 19.0 Å². The molecule has 2 N–H and O–H groups in total. The fraction of sp³-hybridized carbons (Fsp3) is 0.346. The predicted molar refractivity (Wildman–Crippen MR) is 129 cm³/mol. The zero-order valence-electron chi connectivity index (χ0n) is 19.2. The summed E-state index contributed by atoms with van der Waals surface area (Å²) in [5.41, 5.74) is 1.25. The van der Waals surface area contributed by atoms with E-state index in [9.17, 15) is 19.2 Å². The summed E-state index contributed by atoms with van der Waals surface area (Å²) in [4.78, 5) is 54.9. The Bertz CT molecular complexity index is 1380. The summed E-state index contributed by atoms with van der Waals surface area (Å²) in [5.74, 6) is -0.779. The van der Waals surface area contributed by atoms with E-state index in [2.05, 4.69) is 15.6 Å². The summed E-state index contributed by atoms with van der Waals surface area (Å²) in [6, 6.07) is 11.5. The predicted octanol–water partition coefficient (Wildman–Crippen LogP) is 2.81. The van der Waals surface area contributed by atoms with Crippen molar-refractivity contribution in [1.29, 1.82) is 0 Å². The van der Waals surface area contributed by atoms with E-state index in [1.165, 1.54) is 12.1 Å². The highest BCUT2D eigenvalue weighted by molar-refractivity contribution is 6.04. The average Bonchev–Trinajstić information content (AvgIpc) is 3.70. The van der Waals surface area contributed by atoms with Crippen molar-refractivity contribution in [2.75, 3.05) is 11.9 Å². The van der Waals surface area contributed by atoms with Crippen molar-refractivity contribution in [3.63, 3.8) is 0 Å². The molecule has 1 aromatic heterocycles. The van der Waals surface area contributed by atoms with Crippen LogP contribution in [0.4, 0.5) is 5.69 Å². The van der Waals surface area contributed by atoms with Gasteiger partial charge in [-0.15, -0.1) is 0 Å². The van der Waals surface area contributed by atoms with E-state index in [1.54, 1.807) is 34.9 Å². The molecule has 0 bridgehead atoms. The number of aromatic nitrogens is 2. The molecule has 0 unspecified atom stereocenters. The molecule has 1 fully saturated rings. The highest BCUT2D eigenvalue weighted by atomic mass is 16.5. The Morgan fingerprint density at radius 1 is 1.06 bits per heavy atom. The van der Waals surface area contributed by atoms with Gasteiger partial charge in [0.25, 0.3) is 17.4 Å². The van der Waals surface area contributed by atoms with Gasteiger partial charge >= 0.3 is 5.97 Å². The number of rotatable bonds is 6. The zero-order valence-corrected chi connectivity index (χ0v) is 19.2. The maximum Gasteiger partial charge on any atom is 0.338 e. The average molecular weight is 475 g/mol. The van der Waals surface area contributed by atoms with Crippen LogP contribution in [0.2, 0.25) is 0 Å². The molecule has 9 nitrogen and oxygen atoms in total. The quantitative estimate of drug-likeness (QED) is 0.530. The van der Waals surface area contributed by atoms with Crippen LogP contribution in [0.15, 0.2) is 47.3 Å². The lowest BCUT2D eigenvalue weighted by Crippen LogP contribution is -2.28. The standard InChI is InChI=1S/C26H26N4O5/c31-23(29-20-7-4-3-6-18(20)24(32)27-17-10-11-17)15-35-26(34)16-9-12-19-21(14-16)28-22-8-2-1-5-13-30(22)25(19)33/h3-4,6-7,9,12,14,17H,1-2,5,8,10-11,13,15H2,(H,27,32)(H,29,31). The summed E-state index contributed by atoms with van der Waals surface area (Å²) in [6.07, 6.45) is 5.60. The lowest BCUT2D eigenvalue weighted by molar-refractivity contribution is -0.119. The van der Waals surface area contributed by atoms with Crippen molar-refractivity contribution < 1.29 is 19.1 Å². The van der Waals surface area contributed by atoms with Gasteiger partial charge < -0.3 is 15.4 Å². The lowest BCUT2D eigenvalue weighted by atomic mass is 10.1. The molecule has 0 atom stereocenters. The molecule has 1 saturated carbocycles. The first-order valence-electron chi connectivity index (χ1n) is 11.9. The molecule has 3 aromatic rings. The minimum absolute atomic E-state index is 0.101. The summed E-state index contributed by atoms with van der Waals surface area (Å²) in [6.45, 7) is 0.136. The maximum absolute atomic E-state index is 12.9. The first-order valence-corrected chi connectivity index (χ1v) is 11.9. The Morgan fingerprint density at radius 2 is 1.89 bits per heavy atom. The van der Waals surface area contributed by atoms with Gasteiger partial charge in [0, 0.05) is 19.0 Å². The zero-order chi connectivity index (χ0) is 24.4. The number of nitrogens with one attached hydrogen (secondary N) is 2. The van der Waals surface area contributed by atoms with Crippen LogP contribution in [-0.2, 0) is 22.5 Å². The van der Waals surface area contributed by atoms with Crippen molar-refractivity contribution in [1.82, 2.24) is 14.9 Å². The van der Waals surface area contributed by atoms with Crippen LogP contribution < -0.4 is 16.2 Å². The van der Waals surface area contributed by atoms with Gasteiger partial charge in [-0.25, -0.2) is 9.78 Å². The van der Waals surface area contributed by atoms with Gasteiger partial charge in [0.05, 0.1) is 27.7 Å². The molecule has 2 heterocycles. The number of anilines is 1. The number of ether oxygens (including phenoxy) is 1. The number of carbonyl (C=O) groups is 3. The van der Waals surface area contributed by atoms with E-state index in [4.69, 9.17) is 4.74 Å². The smallest absolute Gasteiger partial charge is 0.338 e. The summed E-state index contributed by atoms with van der Waals surface area (Å²) >= 11 is 0. The van der Waals surface area contributed by atoms with Crippen LogP contribution in [0, 0.1) is 0 Å². The summed E-state index contributed by atoms with van der Waals surface area (Å²) in [7, 11) is 0. The van der Waals surface area contributed by atoms with Crippen molar-refractivity contribution in [2.45, 2.75) is 51.1 Å². The fourth-order valence-electron chi connectivity index (χ4n) is 4.23. The topological polar surface area (TPSA) is 119 Å². The Hall–Kier alpha value is -4.01. The fourth-order valence-corrected chi connectivity index (χ4v) is 4.23. The molecule has 2 amide bonds. The van der Waals surface area contributed by atoms with Crippen LogP contribution >= 0.6 is 0 Å². The van der Waals surface area contributed by atoms with Crippen molar-refractivity contribution >= 4 is 34.4 Å². The first kappa shape index (κ1) is 22.8. The number of fused-ring (bicyclic) bond motifs is 2. The van der Waals surface area contributed by atoms with E-state index in [0.29, 0.717) is 28.7 Å². The van der Waals surface area contributed by atoms with E-state index in [1.807, 2.05) is 0 Å². The molecular formula is C26H26N4O5. The van der Waals surface area contributed by atoms with E-state index < -0.39 is 18.5 Å².